The monoisotopic (exact) mass is 356 g/mol. The van der Waals surface area contributed by atoms with Gasteiger partial charge in [0.2, 0.25) is 5.91 Å². The SMILES string of the molecule is CCOc1ccc(N2CC(CNC(=O)c3ccc(F)cc3)CC2=O)cc1. The minimum absolute atomic E-state index is 0.0372. The zero-order chi connectivity index (χ0) is 18.5. The molecule has 0 bridgehead atoms. The number of nitrogens with one attached hydrogen (secondary N) is 1. The third-order valence-corrected chi connectivity index (χ3v) is 4.32. The lowest BCUT2D eigenvalue weighted by molar-refractivity contribution is -0.117. The lowest BCUT2D eigenvalue weighted by Gasteiger charge is -2.17. The van der Waals surface area contributed by atoms with E-state index in [0.29, 0.717) is 31.7 Å². The zero-order valence-electron chi connectivity index (χ0n) is 14.6. The summed E-state index contributed by atoms with van der Waals surface area (Å²) in [5.74, 6) is 0.200. The highest BCUT2D eigenvalue weighted by Gasteiger charge is 2.30. The van der Waals surface area contributed by atoms with Crippen molar-refractivity contribution in [1.29, 1.82) is 0 Å². The van der Waals surface area contributed by atoms with Gasteiger partial charge in [-0.3, -0.25) is 9.59 Å². The number of ether oxygens (including phenoxy) is 1. The predicted octanol–water partition coefficient (Wildman–Crippen LogP) is 3.01. The van der Waals surface area contributed by atoms with Crippen molar-refractivity contribution in [2.45, 2.75) is 13.3 Å². The Hall–Kier alpha value is -2.89. The van der Waals surface area contributed by atoms with E-state index in [-0.39, 0.29) is 23.5 Å². The molecular weight excluding hydrogens is 335 g/mol. The molecule has 2 aromatic rings. The normalized spacial score (nSPS) is 16.6. The van der Waals surface area contributed by atoms with Crippen molar-refractivity contribution in [1.82, 2.24) is 5.32 Å². The number of rotatable bonds is 6. The first-order valence-corrected chi connectivity index (χ1v) is 8.64. The number of halogens is 1. The van der Waals surface area contributed by atoms with Crippen LogP contribution in [0.1, 0.15) is 23.7 Å². The highest BCUT2D eigenvalue weighted by atomic mass is 19.1. The van der Waals surface area contributed by atoms with E-state index in [1.54, 1.807) is 4.90 Å². The summed E-state index contributed by atoms with van der Waals surface area (Å²) in [6, 6.07) is 12.8. The Kier molecular flexibility index (Phi) is 5.51. The lowest BCUT2D eigenvalue weighted by Crippen LogP contribution is -2.31. The van der Waals surface area contributed by atoms with Gasteiger partial charge in [0.25, 0.3) is 5.91 Å². The van der Waals surface area contributed by atoms with Gasteiger partial charge in [-0.2, -0.15) is 0 Å². The molecule has 0 radical (unpaired) electrons. The first kappa shape index (κ1) is 17.9. The maximum absolute atomic E-state index is 12.9. The number of amides is 2. The van der Waals surface area contributed by atoms with Gasteiger partial charge >= 0.3 is 0 Å². The van der Waals surface area contributed by atoms with E-state index in [0.717, 1.165) is 11.4 Å². The number of carbonyl (C=O) groups is 2. The molecule has 2 amide bonds. The van der Waals surface area contributed by atoms with Crippen molar-refractivity contribution in [3.05, 3.63) is 59.9 Å². The largest absolute Gasteiger partial charge is 0.494 e. The fourth-order valence-corrected chi connectivity index (χ4v) is 3.00. The molecule has 2 aromatic carbocycles. The summed E-state index contributed by atoms with van der Waals surface area (Å²) in [6.45, 7) is 3.46. The van der Waals surface area contributed by atoms with Crippen LogP contribution >= 0.6 is 0 Å². The fourth-order valence-electron chi connectivity index (χ4n) is 3.00. The molecule has 26 heavy (non-hydrogen) atoms. The number of hydrogen-bond donors (Lipinski definition) is 1. The van der Waals surface area contributed by atoms with E-state index in [1.807, 2.05) is 31.2 Å². The van der Waals surface area contributed by atoms with Crippen molar-refractivity contribution in [2.24, 2.45) is 5.92 Å². The molecule has 136 valence electrons. The van der Waals surface area contributed by atoms with E-state index in [4.69, 9.17) is 4.74 Å². The standard InChI is InChI=1S/C20H21FN2O3/c1-2-26-18-9-7-17(8-10-18)23-13-14(11-19(23)24)12-22-20(25)15-3-5-16(21)6-4-15/h3-10,14H,2,11-13H2,1H3,(H,22,25). The second kappa shape index (κ2) is 7.99. The maximum atomic E-state index is 12.9. The fraction of sp³-hybridized carbons (Fsp3) is 0.300. The topological polar surface area (TPSA) is 58.6 Å². The van der Waals surface area contributed by atoms with Crippen molar-refractivity contribution in [3.63, 3.8) is 0 Å². The van der Waals surface area contributed by atoms with Crippen LogP contribution in [0, 0.1) is 11.7 Å². The van der Waals surface area contributed by atoms with Gasteiger partial charge in [-0.1, -0.05) is 0 Å². The second-order valence-electron chi connectivity index (χ2n) is 6.22. The van der Waals surface area contributed by atoms with Gasteiger partial charge < -0.3 is 15.0 Å². The van der Waals surface area contributed by atoms with Crippen LogP contribution in [0.15, 0.2) is 48.5 Å². The highest BCUT2D eigenvalue weighted by Crippen LogP contribution is 2.26. The summed E-state index contributed by atoms with van der Waals surface area (Å²) in [4.78, 5) is 26.1. The molecule has 3 rings (SSSR count). The zero-order valence-corrected chi connectivity index (χ0v) is 14.6. The number of carbonyl (C=O) groups excluding carboxylic acids is 2. The molecule has 1 N–H and O–H groups in total. The first-order chi connectivity index (χ1) is 12.6. The van der Waals surface area contributed by atoms with Gasteiger partial charge in [-0.15, -0.1) is 0 Å². The lowest BCUT2D eigenvalue weighted by atomic mass is 10.1. The van der Waals surface area contributed by atoms with Gasteiger partial charge in [0.1, 0.15) is 11.6 Å². The Morgan fingerprint density at radius 2 is 1.88 bits per heavy atom. The molecule has 1 atom stereocenters. The van der Waals surface area contributed by atoms with E-state index < -0.39 is 0 Å². The quantitative estimate of drug-likeness (QED) is 0.866. The minimum atomic E-state index is -0.381. The number of benzene rings is 2. The third-order valence-electron chi connectivity index (χ3n) is 4.32. The van der Waals surface area contributed by atoms with Gasteiger partial charge in [-0.25, -0.2) is 4.39 Å². The third kappa shape index (κ3) is 4.20. The summed E-state index contributed by atoms with van der Waals surface area (Å²) in [5, 5.41) is 2.82. The average molecular weight is 356 g/mol. The molecule has 1 unspecified atom stereocenters. The van der Waals surface area contributed by atoms with Gasteiger partial charge in [0.15, 0.2) is 0 Å². The molecule has 0 saturated carbocycles. The molecule has 1 aliphatic rings. The van der Waals surface area contributed by atoms with Gasteiger partial charge in [0, 0.05) is 36.7 Å². The maximum Gasteiger partial charge on any atom is 0.251 e. The van der Waals surface area contributed by atoms with E-state index in [9.17, 15) is 14.0 Å². The Balaban J connectivity index is 1.55. The number of nitrogens with zero attached hydrogens (tertiary/aromatic N) is 1. The molecular formula is C20H21FN2O3. The van der Waals surface area contributed by atoms with E-state index in [2.05, 4.69) is 5.32 Å². The summed E-state index contributed by atoms with van der Waals surface area (Å²) in [7, 11) is 0. The smallest absolute Gasteiger partial charge is 0.251 e. The Labute approximate surface area is 151 Å². The van der Waals surface area contributed by atoms with Crippen LogP contribution < -0.4 is 15.0 Å². The summed E-state index contributed by atoms with van der Waals surface area (Å²) < 4.78 is 18.3. The molecule has 5 nitrogen and oxygen atoms in total. The molecule has 1 aliphatic heterocycles. The number of hydrogen-bond acceptors (Lipinski definition) is 3. The molecule has 0 spiro atoms. The van der Waals surface area contributed by atoms with Crippen LogP contribution in [-0.4, -0.2) is 31.5 Å². The summed E-state index contributed by atoms with van der Waals surface area (Å²) in [6.07, 6.45) is 0.386. The highest BCUT2D eigenvalue weighted by molar-refractivity contribution is 5.96. The Bertz CT molecular complexity index is 775. The Morgan fingerprint density at radius 1 is 1.19 bits per heavy atom. The average Bonchev–Trinajstić information content (AvgIpc) is 3.02. The van der Waals surface area contributed by atoms with Crippen LogP contribution in [0.2, 0.25) is 0 Å². The molecule has 6 heteroatoms. The van der Waals surface area contributed by atoms with E-state index >= 15 is 0 Å². The minimum Gasteiger partial charge on any atom is -0.494 e. The van der Waals surface area contributed by atoms with Gasteiger partial charge in [-0.05, 0) is 55.5 Å². The second-order valence-corrected chi connectivity index (χ2v) is 6.22. The summed E-state index contributed by atoms with van der Waals surface area (Å²) >= 11 is 0. The van der Waals surface area contributed by atoms with Gasteiger partial charge in [0.05, 0.1) is 6.61 Å². The van der Waals surface area contributed by atoms with Crippen LogP contribution in [0.3, 0.4) is 0 Å². The Morgan fingerprint density at radius 3 is 2.54 bits per heavy atom. The van der Waals surface area contributed by atoms with Crippen LogP contribution in [0.5, 0.6) is 5.75 Å². The molecule has 1 saturated heterocycles. The van der Waals surface area contributed by atoms with Crippen LogP contribution in [0.4, 0.5) is 10.1 Å². The molecule has 0 aromatic heterocycles. The van der Waals surface area contributed by atoms with Crippen molar-refractivity contribution < 1.29 is 18.7 Å². The van der Waals surface area contributed by atoms with Crippen molar-refractivity contribution in [2.75, 3.05) is 24.6 Å². The molecule has 1 heterocycles. The molecule has 0 aliphatic carbocycles. The number of anilines is 1. The van der Waals surface area contributed by atoms with Crippen LogP contribution in [0.25, 0.3) is 0 Å². The van der Waals surface area contributed by atoms with Crippen molar-refractivity contribution >= 4 is 17.5 Å². The predicted molar refractivity (Wildman–Crippen MR) is 96.8 cm³/mol. The van der Waals surface area contributed by atoms with Crippen LogP contribution in [-0.2, 0) is 4.79 Å². The first-order valence-electron chi connectivity index (χ1n) is 8.64. The summed E-state index contributed by atoms with van der Waals surface area (Å²) in [5.41, 5.74) is 1.23. The van der Waals surface area contributed by atoms with Crippen molar-refractivity contribution in [3.8, 4) is 5.75 Å². The molecule has 1 fully saturated rings. The van der Waals surface area contributed by atoms with E-state index in [1.165, 1.54) is 24.3 Å².